The molecule has 5 nitrogen and oxygen atoms in total. The highest BCUT2D eigenvalue weighted by molar-refractivity contribution is 6.14. The number of esters is 2. The zero-order valence-corrected chi connectivity index (χ0v) is 12.3. The Hall–Kier alpha value is -2.56. The van der Waals surface area contributed by atoms with Crippen LogP contribution in [0.15, 0.2) is 54.3 Å². The number of allylic oxidation sites excluding steroid dienone is 2. The molecule has 5 heteroatoms. The SMILES string of the molecule is COC(=O)C(=C/C=C/N[C@@H](C)c1ccccc1)C(=O)OC. The summed E-state index contributed by atoms with van der Waals surface area (Å²) in [5.74, 6) is -1.47. The van der Waals surface area contributed by atoms with Crippen molar-refractivity contribution in [2.75, 3.05) is 14.2 Å². The maximum absolute atomic E-state index is 11.4. The molecule has 0 fully saturated rings. The fraction of sp³-hybridized carbons (Fsp3) is 0.250. The molecule has 1 N–H and O–H groups in total. The molecule has 112 valence electrons. The van der Waals surface area contributed by atoms with Crippen molar-refractivity contribution < 1.29 is 19.1 Å². The highest BCUT2D eigenvalue weighted by Crippen LogP contribution is 2.10. The van der Waals surface area contributed by atoms with Crippen LogP contribution >= 0.6 is 0 Å². The van der Waals surface area contributed by atoms with Crippen molar-refractivity contribution in [2.24, 2.45) is 0 Å². The van der Waals surface area contributed by atoms with E-state index in [1.54, 1.807) is 12.3 Å². The van der Waals surface area contributed by atoms with Gasteiger partial charge >= 0.3 is 11.9 Å². The lowest BCUT2D eigenvalue weighted by molar-refractivity contribution is -0.144. The van der Waals surface area contributed by atoms with Gasteiger partial charge in [0, 0.05) is 6.04 Å². The number of hydrogen-bond donors (Lipinski definition) is 1. The van der Waals surface area contributed by atoms with Crippen molar-refractivity contribution in [2.45, 2.75) is 13.0 Å². The number of carbonyl (C=O) groups is 2. The molecule has 0 saturated carbocycles. The summed E-state index contributed by atoms with van der Waals surface area (Å²) in [5, 5.41) is 3.14. The fourth-order valence-corrected chi connectivity index (χ4v) is 1.62. The first-order chi connectivity index (χ1) is 10.1. The predicted molar refractivity (Wildman–Crippen MR) is 79.2 cm³/mol. The molecule has 0 spiro atoms. The van der Waals surface area contributed by atoms with E-state index in [-0.39, 0.29) is 11.6 Å². The van der Waals surface area contributed by atoms with Gasteiger partial charge in [-0.15, -0.1) is 0 Å². The molecule has 0 aliphatic heterocycles. The Bertz CT molecular complexity index is 516. The Morgan fingerprint density at radius 1 is 1.10 bits per heavy atom. The molecule has 1 aromatic carbocycles. The molecule has 0 bridgehead atoms. The minimum Gasteiger partial charge on any atom is -0.465 e. The molecule has 0 amide bonds. The first-order valence-electron chi connectivity index (χ1n) is 6.44. The highest BCUT2D eigenvalue weighted by atomic mass is 16.5. The molecular formula is C16H19NO4. The van der Waals surface area contributed by atoms with E-state index in [1.807, 2.05) is 37.3 Å². The summed E-state index contributed by atoms with van der Waals surface area (Å²) >= 11 is 0. The molecule has 0 aliphatic rings. The second kappa shape index (κ2) is 8.58. The lowest BCUT2D eigenvalue weighted by Crippen LogP contribution is -2.15. The molecule has 1 aromatic rings. The van der Waals surface area contributed by atoms with Gasteiger partial charge in [0.2, 0.25) is 0 Å². The zero-order chi connectivity index (χ0) is 15.7. The Morgan fingerprint density at radius 2 is 1.67 bits per heavy atom. The van der Waals surface area contributed by atoms with Crippen LogP contribution in [0.3, 0.4) is 0 Å². The summed E-state index contributed by atoms with van der Waals surface area (Å²) in [7, 11) is 2.41. The van der Waals surface area contributed by atoms with Crippen LogP contribution in [0.25, 0.3) is 0 Å². The summed E-state index contributed by atoms with van der Waals surface area (Å²) in [5.41, 5.74) is 0.970. The molecule has 21 heavy (non-hydrogen) atoms. The zero-order valence-electron chi connectivity index (χ0n) is 12.3. The van der Waals surface area contributed by atoms with Crippen LogP contribution in [-0.4, -0.2) is 26.2 Å². The summed E-state index contributed by atoms with van der Waals surface area (Å²) in [4.78, 5) is 22.8. The second-order valence-electron chi connectivity index (χ2n) is 4.22. The quantitative estimate of drug-likeness (QED) is 0.286. The van der Waals surface area contributed by atoms with E-state index in [2.05, 4.69) is 14.8 Å². The molecule has 0 heterocycles. The highest BCUT2D eigenvalue weighted by Gasteiger charge is 2.18. The molecule has 1 rings (SSSR count). The predicted octanol–water partition coefficient (Wildman–Crippen LogP) is 2.12. The number of benzene rings is 1. The van der Waals surface area contributed by atoms with Crippen molar-refractivity contribution in [1.82, 2.24) is 5.32 Å². The van der Waals surface area contributed by atoms with Crippen LogP contribution in [0.2, 0.25) is 0 Å². The summed E-state index contributed by atoms with van der Waals surface area (Å²) in [6.07, 6.45) is 4.56. The van der Waals surface area contributed by atoms with Crippen LogP contribution < -0.4 is 5.32 Å². The average Bonchev–Trinajstić information content (AvgIpc) is 2.54. The van der Waals surface area contributed by atoms with Crippen molar-refractivity contribution in [1.29, 1.82) is 0 Å². The van der Waals surface area contributed by atoms with E-state index >= 15 is 0 Å². The summed E-state index contributed by atoms with van der Waals surface area (Å²) < 4.78 is 9.04. The van der Waals surface area contributed by atoms with E-state index in [0.29, 0.717) is 0 Å². The van der Waals surface area contributed by atoms with E-state index in [1.165, 1.54) is 20.3 Å². The number of ether oxygens (including phenoxy) is 2. The smallest absolute Gasteiger partial charge is 0.345 e. The minimum atomic E-state index is -0.734. The Kier molecular flexibility index (Phi) is 6.74. The molecule has 0 aromatic heterocycles. The number of nitrogens with one attached hydrogen (secondary N) is 1. The number of rotatable bonds is 6. The average molecular weight is 289 g/mol. The number of carbonyl (C=O) groups excluding carboxylic acids is 2. The molecule has 0 unspecified atom stereocenters. The van der Waals surface area contributed by atoms with Gasteiger partial charge in [0.1, 0.15) is 5.57 Å². The Labute approximate surface area is 124 Å². The second-order valence-corrected chi connectivity index (χ2v) is 4.22. The molecular weight excluding hydrogens is 270 g/mol. The van der Waals surface area contributed by atoms with Gasteiger partial charge < -0.3 is 14.8 Å². The largest absolute Gasteiger partial charge is 0.465 e. The van der Waals surface area contributed by atoms with Crippen molar-refractivity contribution in [3.8, 4) is 0 Å². The maximum atomic E-state index is 11.4. The van der Waals surface area contributed by atoms with Crippen LogP contribution in [0.5, 0.6) is 0 Å². The third-order valence-corrected chi connectivity index (χ3v) is 2.82. The molecule has 0 saturated heterocycles. The summed E-state index contributed by atoms with van der Waals surface area (Å²) in [6, 6.07) is 10.0. The third kappa shape index (κ3) is 5.14. The van der Waals surface area contributed by atoms with Crippen LogP contribution in [0, 0.1) is 0 Å². The summed E-state index contributed by atoms with van der Waals surface area (Å²) in [6.45, 7) is 2.00. The van der Waals surface area contributed by atoms with Crippen molar-refractivity contribution in [3.63, 3.8) is 0 Å². The first-order valence-corrected chi connectivity index (χ1v) is 6.44. The van der Waals surface area contributed by atoms with Crippen LogP contribution in [-0.2, 0) is 19.1 Å². The topological polar surface area (TPSA) is 64.6 Å². The van der Waals surface area contributed by atoms with Gasteiger partial charge in [-0.2, -0.15) is 0 Å². The van der Waals surface area contributed by atoms with E-state index < -0.39 is 11.9 Å². The van der Waals surface area contributed by atoms with E-state index in [0.717, 1.165) is 5.56 Å². The van der Waals surface area contributed by atoms with Gasteiger partial charge in [0.25, 0.3) is 0 Å². The number of hydrogen-bond acceptors (Lipinski definition) is 5. The fourth-order valence-electron chi connectivity index (χ4n) is 1.62. The normalized spacial score (nSPS) is 11.6. The standard InChI is InChI=1S/C16H19NO4/c1-12(13-8-5-4-6-9-13)17-11-7-10-14(15(18)20-2)16(19)21-3/h4-12,17H,1-3H3/b11-7+/t12-/m0/s1. The van der Waals surface area contributed by atoms with E-state index in [4.69, 9.17) is 0 Å². The van der Waals surface area contributed by atoms with E-state index in [9.17, 15) is 9.59 Å². The van der Waals surface area contributed by atoms with Gasteiger partial charge in [0.05, 0.1) is 14.2 Å². The third-order valence-electron chi connectivity index (χ3n) is 2.82. The lowest BCUT2D eigenvalue weighted by Gasteiger charge is -2.11. The molecule has 1 atom stereocenters. The molecule has 0 aliphatic carbocycles. The Morgan fingerprint density at radius 3 is 2.19 bits per heavy atom. The first kappa shape index (κ1) is 16.5. The van der Waals surface area contributed by atoms with Crippen molar-refractivity contribution >= 4 is 11.9 Å². The van der Waals surface area contributed by atoms with Crippen LogP contribution in [0.1, 0.15) is 18.5 Å². The van der Waals surface area contributed by atoms with Gasteiger partial charge in [0.15, 0.2) is 0 Å². The van der Waals surface area contributed by atoms with Gasteiger partial charge in [-0.1, -0.05) is 30.3 Å². The van der Waals surface area contributed by atoms with Crippen molar-refractivity contribution in [3.05, 3.63) is 59.8 Å². The maximum Gasteiger partial charge on any atom is 0.345 e. The van der Waals surface area contributed by atoms with Crippen LogP contribution in [0.4, 0.5) is 0 Å². The lowest BCUT2D eigenvalue weighted by atomic mass is 10.1. The Balaban J connectivity index is 2.68. The van der Waals surface area contributed by atoms with Gasteiger partial charge in [-0.25, -0.2) is 9.59 Å². The number of methoxy groups -OCH3 is 2. The monoisotopic (exact) mass is 289 g/mol. The molecule has 0 radical (unpaired) electrons. The van der Waals surface area contributed by atoms with Gasteiger partial charge in [-0.05, 0) is 30.8 Å². The minimum absolute atomic E-state index is 0.107. The van der Waals surface area contributed by atoms with Gasteiger partial charge in [-0.3, -0.25) is 0 Å².